The van der Waals surface area contributed by atoms with Crippen molar-refractivity contribution in [2.45, 2.75) is 18.7 Å². The lowest BCUT2D eigenvalue weighted by Gasteiger charge is -2.24. The molecule has 3 rings (SSSR count). The molecule has 0 radical (unpaired) electrons. The van der Waals surface area contributed by atoms with Crippen molar-refractivity contribution < 1.29 is 22.7 Å². The number of esters is 1. The number of methoxy groups -OCH3 is 1. The molecular weight excluding hydrogens is 499 g/mol. The molecule has 0 atom stereocenters. The van der Waals surface area contributed by atoms with Gasteiger partial charge in [0.25, 0.3) is 10.0 Å². The van der Waals surface area contributed by atoms with E-state index in [0.717, 1.165) is 9.87 Å². The van der Waals surface area contributed by atoms with Crippen molar-refractivity contribution in [3.63, 3.8) is 0 Å². The summed E-state index contributed by atoms with van der Waals surface area (Å²) in [5.41, 5.74) is 2.35. The number of rotatable bonds is 7. The number of hydrogen-bond donors (Lipinski definition) is 1. The van der Waals surface area contributed by atoms with E-state index >= 15 is 0 Å². The number of sulfonamides is 1. The van der Waals surface area contributed by atoms with Crippen LogP contribution >= 0.6 is 23.2 Å². The molecule has 178 valence electrons. The molecule has 3 aromatic carbocycles. The Bertz CT molecular complexity index is 1340. The van der Waals surface area contributed by atoms with Gasteiger partial charge in [0.05, 0.1) is 33.3 Å². The molecule has 10 heteroatoms. The Morgan fingerprint density at radius 3 is 2.24 bits per heavy atom. The maximum absolute atomic E-state index is 13.5. The van der Waals surface area contributed by atoms with E-state index in [0.29, 0.717) is 11.3 Å². The molecule has 0 aromatic heterocycles. The third kappa shape index (κ3) is 5.70. The topological polar surface area (TPSA) is 92.8 Å². The van der Waals surface area contributed by atoms with Crippen molar-refractivity contribution in [1.29, 1.82) is 0 Å². The first-order valence-electron chi connectivity index (χ1n) is 10.1. The lowest BCUT2D eigenvalue weighted by atomic mass is 10.1. The molecule has 0 unspecified atom stereocenters. The van der Waals surface area contributed by atoms with Gasteiger partial charge in [0.1, 0.15) is 6.54 Å². The van der Waals surface area contributed by atoms with E-state index in [1.54, 1.807) is 31.2 Å². The largest absolute Gasteiger partial charge is 0.465 e. The fraction of sp³-hybridized carbons (Fsp3) is 0.167. The van der Waals surface area contributed by atoms with Gasteiger partial charge in [-0.3, -0.25) is 9.10 Å². The van der Waals surface area contributed by atoms with Gasteiger partial charge in [-0.1, -0.05) is 47.0 Å². The molecule has 0 fully saturated rings. The molecule has 0 saturated heterocycles. The summed E-state index contributed by atoms with van der Waals surface area (Å²) in [6, 6.07) is 15.3. The highest BCUT2D eigenvalue weighted by Gasteiger charge is 2.28. The average Bonchev–Trinajstić information content (AvgIpc) is 2.80. The predicted octanol–water partition coefficient (Wildman–Crippen LogP) is 5.23. The van der Waals surface area contributed by atoms with Gasteiger partial charge in [0.15, 0.2) is 0 Å². The summed E-state index contributed by atoms with van der Waals surface area (Å²) in [7, 11) is -2.87. The minimum Gasteiger partial charge on any atom is -0.465 e. The van der Waals surface area contributed by atoms with E-state index in [1.165, 1.54) is 43.5 Å². The zero-order valence-electron chi connectivity index (χ0n) is 18.6. The molecule has 7 nitrogen and oxygen atoms in total. The maximum Gasteiger partial charge on any atom is 0.337 e. The van der Waals surface area contributed by atoms with Crippen LogP contribution in [0.1, 0.15) is 21.5 Å². The molecule has 0 saturated carbocycles. The molecule has 0 aliphatic heterocycles. The van der Waals surface area contributed by atoms with E-state index < -0.39 is 28.4 Å². The summed E-state index contributed by atoms with van der Waals surface area (Å²) in [4.78, 5) is 24.9. The van der Waals surface area contributed by atoms with Crippen LogP contribution in [0.25, 0.3) is 0 Å². The number of carbonyl (C=O) groups is 2. The van der Waals surface area contributed by atoms with E-state index in [9.17, 15) is 18.0 Å². The third-order valence-corrected chi connectivity index (χ3v) is 7.55. The van der Waals surface area contributed by atoms with Gasteiger partial charge < -0.3 is 10.1 Å². The first-order chi connectivity index (χ1) is 16.0. The number of amides is 1. The first-order valence-corrected chi connectivity index (χ1v) is 12.3. The van der Waals surface area contributed by atoms with E-state index in [1.807, 2.05) is 6.92 Å². The minimum atomic E-state index is -4.13. The lowest BCUT2D eigenvalue weighted by molar-refractivity contribution is -0.114. The Hall–Kier alpha value is -3.07. The number of halogens is 2. The van der Waals surface area contributed by atoms with Crippen molar-refractivity contribution in [2.24, 2.45) is 0 Å². The highest BCUT2D eigenvalue weighted by atomic mass is 35.5. The number of ether oxygens (including phenoxy) is 1. The van der Waals surface area contributed by atoms with Gasteiger partial charge in [0, 0.05) is 5.69 Å². The Labute approximate surface area is 208 Å². The van der Waals surface area contributed by atoms with Crippen molar-refractivity contribution in [2.75, 3.05) is 23.3 Å². The molecule has 0 heterocycles. The second-order valence-electron chi connectivity index (χ2n) is 7.49. The van der Waals surface area contributed by atoms with Crippen LogP contribution in [0.15, 0.2) is 65.6 Å². The molecule has 0 bridgehead atoms. The SMILES string of the molecule is COC(=O)c1ccc(C)c(NC(=O)CN(c2ccc(Cl)c(Cl)c2)S(=O)(=O)c2ccc(C)cc2)c1. The molecular formula is C24H22Cl2N2O5S. The Balaban J connectivity index is 1.97. The van der Waals surface area contributed by atoms with Crippen LogP contribution in [0.4, 0.5) is 11.4 Å². The predicted molar refractivity (Wildman–Crippen MR) is 133 cm³/mol. The van der Waals surface area contributed by atoms with Crippen LogP contribution in [0.3, 0.4) is 0 Å². The molecule has 3 aromatic rings. The summed E-state index contributed by atoms with van der Waals surface area (Å²) in [5, 5.41) is 3.07. The van der Waals surface area contributed by atoms with Crippen LogP contribution in [0.2, 0.25) is 10.0 Å². The standard InChI is InChI=1S/C24H22Cl2N2O5S/c1-15-4-9-19(10-5-15)34(31,32)28(18-8-11-20(25)21(26)13-18)14-23(29)27-22-12-17(24(30)33-3)7-6-16(22)2/h4-13H,14H2,1-3H3,(H,27,29). The summed E-state index contributed by atoms with van der Waals surface area (Å²) in [6.07, 6.45) is 0. The van der Waals surface area contributed by atoms with E-state index in [-0.39, 0.29) is 26.2 Å². The second kappa shape index (κ2) is 10.5. The van der Waals surface area contributed by atoms with Gasteiger partial charge in [0.2, 0.25) is 5.91 Å². The highest BCUT2D eigenvalue weighted by molar-refractivity contribution is 7.92. The van der Waals surface area contributed by atoms with Crippen LogP contribution in [-0.4, -0.2) is 33.9 Å². The van der Waals surface area contributed by atoms with Crippen molar-refractivity contribution >= 4 is 56.5 Å². The first kappa shape index (κ1) is 25.6. The average molecular weight is 521 g/mol. The normalized spacial score (nSPS) is 11.1. The van der Waals surface area contributed by atoms with Gasteiger partial charge in [-0.15, -0.1) is 0 Å². The van der Waals surface area contributed by atoms with Crippen LogP contribution in [0, 0.1) is 13.8 Å². The molecule has 1 N–H and O–H groups in total. The third-order valence-electron chi connectivity index (χ3n) is 5.02. The number of carbonyl (C=O) groups excluding carboxylic acids is 2. The maximum atomic E-state index is 13.5. The quantitative estimate of drug-likeness (QED) is 0.430. The number of aryl methyl sites for hydroxylation is 2. The smallest absolute Gasteiger partial charge is 0.337 e. The fourth-order valence-electron chi connectivity index (χ4n) is 3.11. The zero-order valence-corrected chi connectivity index (χ0v) is 21.0. The van der Waals surface area contributed by atoms with Gasteiger partial charge in [-0.05, 0) is 61.9 Å². The summed E-state index contributed by atoms with van der Waals surface area (Å²) < 4.78 is 32.6. The number of hydrogen-bond acceptors (Lipinski definition) is 5. The molecule has 1 amide bonds. The Morgan fingerprint density at radius 1 is 0.941 bits per heavy atom. The number of nitrogens with zero attached hydrogens (tertiary/aromatic N) is 1. The zero-order chi connectivity index (χ0) is 25.0. The Kier molecular flexibility index (Phi) is 7.86. The lowest BCUT2D eigenvalue weighted by Crippen LogP contribution is -2.38. The molecule has 0 aliphatic rings. The molecule has 0 spiro atoms. The van der Waals surface area contributed by atoms with E-state index in [2.05, 4.69) is 5.32 Å². The van der Waals surface area contributed by atoms with Crippen molar-refractivity contribution in [1.82, 2.24) is 0 Å². The number of anilines is 2. The number of benzene rings is 3. The van der Waals surface area contributed by atoms with Gasteiger partial charge >= 0.3 is 5.97 Å². The monoisotopic (exact) mass is 520 g/mol. The Morgan fingerprint density at radius 2 is 1.62 bits per heavy atom. The molecule has 0 aliphatic carbocycles. The van der Waals surface area contributed by atoms with Gasteiger partial charge in [-0.25, -0.2) is 13.2 Å². The summed E-state index contributed by atoms with van der Waals surface area (Å²) >= 11 is 12.1. The van der Waals surface area contributed by atoms with Crippen molar-refractivity contribution in [3.05, 3.63) is 87.4 Å². The fourth-order valence-corrected chi connectivity index (χ4v) is 4.82. The van der Waals surface area contributed by atoms with Gasteiger partial charge in [-0.2, -0.15) is 0 Å². The second-order valence-corrected chi connectivity index (χ2v) is 10.2. The summed E-state index contributed by atoms with van der Waals surface area (Å²) in [5.74, 6) is -1.18. The van der Waals surface area contributed by atoms with Crippen LogP contribution in [0.5, 0.6) is 0 Å². The number of nitrogens with one attached hydrogen (secondary N) is 1. The van der Waals surface area contributed by atoms with Crippen LogP contribution < -0.4 is 9.62 Å². The van der Waals surface area contributed by atoms with Crippen molar-refractivity contribution in [3.8, 4) is 0 Å². The van der Waals surface area contributed by atoms with Crippen LogP contribution in [-0.2, 0) is 19.6 Å². The minimum absolute atomic E-state index is 0.0147. The summed E-state index contributed by atoms with van der Waals surface area (Å²) in [6.45, 7) is 3.04. The highest BCUT2D eigenvalue weighted by Crippen LogP contribution is 2.31. The molecule has 34 heavy (non-hydrogen) atoms. The van der Waals surface area contributed by atoms with E-state index in [4.69, 9.17) is 27.9 Å².